The molecule has 7 heteroatoms. The summed E-state index contributed by atoms with van der Waals surface area (Å²) >= 11 is 1.50. The average Bonchev–Trinajstić information content (AvgIpc) is 3.03. The summed E-state index contributed by atoms with van der Waals surface area (Å²) in [6.45, 7) is 4.03. The van der Waals surface area contributed by atoms with Gasteiger partial charge in [-0.2, -0.15) is 4.68 Å². The van der Waals surface area contributed by atoms with Crippen molar-refractivity contribution in [1.29, 1.82) is 0 Å². The van der Waals surface area contributed by atoms with Crippen LogP contribution in [0, 0.1) is 12.7 Å². The molecule has 0 aliphatic heterocycles. The SMILES string of the molecule is COc1ccc(C)cc1-n1nnnc1S[C@H](C)c1ccc(F)cc1. The molecule has 24 heavy (non-hydrogen) atoms. The first kappa shape index (κ1) is 16.4. The molecule has 2 aromatic carbocycles. The molecule has 124 valence electrons. The van der Waals surface area contributed by atoms with Crippen LogP contribution in [0.1, 0.15) is 23.3 Å². The third kappa shape index (κ3) is 3.41. The minimum Gasteiger partial charge on any atom is -0.494 e. The molecular weight excluding hydrogens is 327 g/mol. The smallest absolute Gasteiger partial charge is 0.214 e. The number of hydrogen-bond donors (Lipinski definition) is 0. The van der Waals surface area contributed by atoms with Gasteiger partial charge in [0.15, 0.2) is 0 Å². The van der Waals surface area contributed by atoms with Gasteiger partial charge in [0.25, 0.3) is 0 Å². The fourth-order valence-electron chi connectivity index (χ4n) is 2.33. The summed E-state index contributed by atoms with van der Waals surface area (Å²) in [7, 11) is 1.62. The highest BCUT2D eigenvalue weighted by Crippen LogP contribution is 2.35. The van der Waals surface area contributed by atoms with Gasteiger partial charge in [0.1, 0.15) is 17.3 Å². The molecule has 1 atom stereocenters. The van der Waals surface area contributed by atoms with Crippen molar-refractivity contribution >= 4 is 11.8 Å². The monoisotopic (exact) mass is 344 g/mol. The largest absolute Gasteiger partial charge is 0.494 e. The molecule has 3 aromatic rings. The number of aryl methyl sites for hydroxylation is 1. The second-order valence-electron chi connectivity index (χ2n) is 5.36. The molecule has 0 radical (unpaired) electrons. The highest BCUT2D eigenvalue weighted by atomic mass is 32.2. The summed E-state index contributed by atoms with van der Waals surface area (Å²) in [6.07, 6.45) is 0. The van der Waals surface area contributed by atoms with Crippen LogP contribution in [0.2, 0.25) is 0 Å². The zero-order valence-electron chi connectivity index (χ0n) is 13.6. The topological polar surface area (TPSA) is 52.8 Å². The number of thioether (sulfide) groups is 1. The highest BCUT2D eigenvalue weighted by molar-refractivity contribution is 7.99. The highest BCUT2D eigenvalue weighted by Gasteiger charge is 2.17. The number of hydrogen-bond acceptors (Lipinski definition) is 5. The fourth-order valence-corrected chi connectivity index (χ4v) is 3.26. The number of benzene rings is 2. The summed E-state index contributed by atoms with van der Waals surface area (Å²) in [5, 5.41) is 12.7. The predicted molar refractivity (Wildman–Crippen MR) is 91.1 cm³/mol. The standard InChI is InChI=1S/C17H17FN4OS/c1-11-4-9-16(23-3)15(10-11)22-17(19-20-21-22)24-12(2)13-5-7-14(18)8-6-13/h4-10,12H,1-3H3/t12-/m1/s1. The second kappa shape index (κ2) is 7.00. The number of nitrogens with zero attached hydrogens (tertiary/aromatic N) is 4. The lowest BCUT2D eigenvalue weighted by atomic mass is 10.2. The van der Waals surface area contributed by atoms with Crippen LogP contribution in [0.3, 0.4) is 0 Å². The van der Waals surface area contributed by atoms with E-state index in [1.54, 1.807) is 23.9 Å². The van der Waals surface area contributed by atoms with Crippen molar-refractivity contribution in [3.63, 3.8) is 0 Å². The quantitative estimate of drug-likeness (QED) is 0.656. The van der Waals surface area contributed by atoms with E-state index >= 15 is 0 Å². The van der Waals surface area contributed by atoms with Crippen LogP contribution in [0.15, 0.2) is 47.6 Å². The summed E-state index contributed by atoms with van der Waals surface area (Å²) in [4.78, 5) is 0. The number of aromatic nitrogens is 4. The van der Waals surface area contributed by atoms with E-state index in [0.29, 0.717) is 10.9 Å². The molecule has 0 aliphatic carbocycles. The number of rotatable bonds is 5. The Bertz CT molecular complexity index is 835. The first-order valence-electron chi connectivity index (χ1n) is 7.44. The first-order chi connectivity index (χ1) is 11.6. The molecule has 3 rings (SSSR count). The molecule has 0 saturated carbocycles. The van der Waals surface area contributed by atoms with Gasteiger partial charge in [0.05, 0.1) is 7.11 Å². The maximum atomic E-state index is 13.1. The van der Waals surface area contributed by atoms with Crippen molar-refractivity contribution < 1.29 is 9.13 Å². The summed E-state index contributed by atoms with van der Waals surface area (Å²) in [5.41, 5.74) is 2.88. The Labute approximate surface area is 143 Å². The summed E-state index contributed by atoms with van der Waals surface area (Å²) in [5.74, 6) is 0.453. The van der Waals surface area contributed by atoms with Crippen LogP contribution in [-0.2, 0) is 0 Å². The minimum atomic E-state index is -0.245. The molecule has 0 spiro atoms. The van der Waals surface area contributed by atoms with Crippen molar-refractivity contribution in [2.24, 2.45) is 0 Å². The Morgan fingerprint density at radius 3 is 2.62 bits per heavy atom. The van der Waals surface area contributed by atoms with Gasteiger partial charge in [-0.25, -0.2) is 4.39 Å². The lowest BCUT2D eigenvalue weighted by Crippen LogP contribution is -2.03. The van der Waals surface area contributed by atoms with E-state index < -0.39 is 0 Å². The minimum absolute atomic E-state index is 0.0751. The maximum Gasteiger partial charge on any atom is 0.214 e. The molecule has 5 nitrogen and oxygen atoms in total. The zero-order chi connectivity index (χ0) is 17.1. The molecule has 0 unspecified atom stereocenters. The number of halogens is 1. The lowest BCUT2D eigenvalue weighted by molar-refractivity contribution is 0.410. The van der Waals surface area contributed by atoms with Gasteiger partial charge in [0.2, 0.25) is 5.16 Å². The van der Waals surface area contributed by atoms with Crippen molar-refractivity contribution in [3.05, 3.63) is 59.4 Å². The Morgan fingerprint density at radius 1 is 1.17 bits per heavy atom. The predicted octanol–water partition coefficient (Wildman–Crippen LogP) is 3.97. The molecule has 0 aliphatic rings. The van der Waals surface area contributed by atoms with E-state index in [4.69, 9.17) is 4.74 Å². The van der Waals surface area contributed by atoms with E-state index in [2.05, 4.69) is 15.5 Å². The number of ether oxygens (including phenoxy) is 1. The van der Waals surface area contributed by atoms with E-state index in [1.807, 2.05) is 32.0 Å². The Morgan fingerprint density at radius 2 is 1.92 bits per heavy atom. The normalized spacial score (nSPS) is 12.2. The van der Waals surface area contributed by atoms with Gasteiger partial charge in [0, 0.05) is 5.25 Å². The van der Waals surface area contributed by atoms with E-state index in [-0.39, 0.29) is 11.1 Å². The Balaban J connectivity index is 1.91. The summed E-state index contributed by atoms with van der Waals surface area (Å²) < 4.78 is 20.2. The van der Waals surface area contributed by atoms with E-state index in [0.717, 1.165) is 16.8 Å². The second-order valence-corrected chi connectivity index (χ2v) is 6.67. The zero-order valence-corrected chi connectivity index (χ0v) is 14.4. The number of methoxy groups -OCH3 is 1. The van der Waals surface area contributed by atoms with Crippen LogP contribution in [0.4, 0.5) is 4.39 Å². The van der Waals surface area contributed by atoms with Crippen LogP contribution in [0.25, 0.3) is 5.69 Å². The van der Waals surface area contributed by atoms with Gasteiger partial charge in [-0.1, -0.05) is 30.0 Å². The van der Waals surface area contributed by atoms with Crippen LogP contribution in [0.5, 0.6) is 5.75 Å². The molecular formula is C17H17FN4OS. The van der Waals surface area contributed by atoms with Gasteiger partial charge in [-0.15, -0.1) is 5.10 Å². The average molecular weight is 344 g/mol. The van der Waals surface area contributed by atoms with Gasteiger partial charge in [-0.3, -0.25) is 0 Å². The summed E-state index contributed by atoms with van der Waals surface area (Å²) in [6, 6.07) is 12.3. The third-order valence-electron chi connectivity index (χ3n) is 3.63. The molecule has 0 bridgehead atoms. The van der Waals surface area contributed by atoms with E-state index in [1.165, 1.54) is 23.9 Å². The van der Waals surface area contributed by atoms with Gasteiger partial charge >= 0.3 is 0 Å². The Kier molecular flexibility index (Phi) is 4.80. The van der Waals surface area contributed by atoms with Crippen LogP contribution < -0.4 is 4.74 Å². The molecule has 0 amide bonds. The van der Waals surface area contributed by atoms with Gasteiger partial charge < -0.3 is 4.74 Å². The number of tetrazole rings is 1. The van der Waals surface area contributed by atoms with Crippen molar-refractivity contribution in [2.45, 2.75) is 24.3 Å². The first-order valence-corrected chi connectivity index (χ1v) is 8.32. The van der Waals surface area contributed by atoms with Crippen molar-refractivity contribution in [2.75, 3.05) is 7.11 Å². The van der Waals surface area contributed by atoms with Gasteiger partial charge in [-0.05, 0) is 59.7 Å². The van der Waals surface area contributed by atoms with Crippen LogP contribution in [-0.4, -0.2) is 27.3 Å². The van der Waals surface area contributed by atoms with Crippen molar-refractivity contribution in [1.82, 2.24) is 20.2 Å². The molecule has 0 saturated heterocycles. The lowest BCUT2D eigenvalue weighted by Gasteiger charge is -2.13. The maximum absolute atomic E-state index is 13.1. The molecule has 1 heterocycles. The van der Waals surface area contributed by atoms with E-state index in [9.17, 15) is 4.39 Å². The molecule has 0 N–H and O–H groups in total. The Hall–Kier alpha value is -2.41. The molecule has 1 aromatic heterocycles. The van der Waals surface area contributed by atoms with Crippen molar-refractivity contribution in [3.8, 4) is 11.4 Å². The fraction of sp³-hybridized carbons (Fsp3) is 0.235. The third-order valence-corrected chi connectivity index (χ3v) is 4.72. The van der Waals surface area contributed by atoms with Crippen LogP contribution >= 0.6 is 11.8 Å². The molecule has 0 fully saturated rings.